The minimum atomic E-state index is -0.608. The molecule has 21 heavy (non-hydrogen) atoms. The largest absolute Gasteiger partial charge is 0.444 e. The van der Waals surface area contributed by atoms with Crippen LogP contribution in [-0.2, 0) is 9.53 Å². The Bertz CT molecular complexity index is 367. The second-order valence-corrected chi connectivity index (χ2v) is 6.32. The van der Waals surface area contributed by atoms with E-state index in [1.165, 1.54) is 4.90 Å². The molecule has 1 heterocycles. The zero-order chi connectivity index (χ0) is 16.0. The van der Waals surface area contributed by atoms with Gasteiger partial charge in [0.25, 0.3) is 0 Å². The maximum atomic E-state index is 12.0. The van der Waals surface area contributed by atoms with Gasteiger partial charge < -0.3 is 25.2 Å². The molecule has 1 fully saturated rings. The summed E-state index contributed by atoms with van der Waals surface area (Å²) in [6.45, 7) is 6.17. The summed E-state index contributed by atoms with van der Waals surface area (Å²) in [4.78, 5) is 25.2. The smallest absolute Gasteiger partial charge is 0.410 e. The SMILES string of the molecule is CC(C)(C)OC(=O)N1CCC(O)C(CC(=O)NCCO)C1. The Morgan fingerprint density at radius 3 is 2.62 bits per heavy atom. The zero-order valence-corrected chi connectivity index (χ0v) is 13.0. The van der Waals surface area contributed by atoms with Crippen molar-refractivity contribution in [2.75, 3.05) is 26.2 Å². The van der Waals surface area contributed by atoms with Crippen molar-refractivity contribution in [2.45, 2.75) is 45.3 Å². The Morgan fingerprint density at radius 1 is 1.38 bits per heavy atom. The molecule has 0 aromatic carbocycles. The van der Waals surface area contributed by atoms with Gasteiger partial charge in [-0.15, -0.1) is 0 Å². The van der Waals surface area contributed by atoms with Gasteiger partial charge in [-0.3, -0.25) is 4.79 Å². The Morgan fingerprint density at radius 2 is 2.05 bits per heavy atom. The molecule has 0 aliphatic carbocycles. The standard InChI is InChI=1S/C14H26N2O5/c1-14(2,3)21-13(20)16-6-4-11(18)10(9-16)8-12(19)15-5-7-17/h10-11,17-18H,4-9H2,1-3H3,(H,15,19). The molecule has 0 aromatic heterocycles. The summed E-state index contributed by atoms with van der Waals surface area (Å²) in [5.41, 5.74) is -0.568. The van der Waals surface area contributed by atoms with E-state index in [-0.39, 0.29) is 31.4 Å². The van der Waals surface area contributed by atoms with Crippen molar-refractivity contribution < 1.29 is 24.5 Å². The Kier molecular flexibility index (Phi) is 6.42. The third-order valence-corrected chi connectivity index (χ3v) is 3.23. The number of nitrogens with one attached hydrogen (secondary N) is 1. The highest BCUT2D eigenvalue weighted by atomic mass is 16.6. The summed E-state index contributed by atoms with van der Waals surface area (Å²) >= 11 is 0. The van der Waals surface area contributed by atoms with Gasteiger partial charge in [-0.2, -0.15) is 0 Å². The molecular formula is C14H26N2O5. The zero-order valence-electron chi connectivity index (χ0n) is 13.0. The molecule has 2 atom stereocenters. The molecule has 3 N–H and O–H groups in total. The van der Waals surface area contributed by atoms with Crippen LogP contribution in [0.5, 0.6) is 0 Å². The number of amides is 2. The van der Waals surface area contributed by atoms with Crippen molar-refractivity contribution in [1.82, 2.24) is 10.2 Å². The average molecular weight is 302 g/mol. The van der Waals surface area contributed by atoms with Crippen LogP contribution in [0.25, 0.3) is 0 Å². The number of ether oxygens (including phenoxy) is 1. The van der Waals surface area contributed by atoms with E-state index in [1.54, 1.807) is 20.8 Å². The van der Waals surface area contributed by atoms with Gasteiger partial charge in [0.05, 0.1) is 12.7 Å². The summed E-state index contributed by atoms with van der Waals surface area (Å²) in [5.74, 6) is -0.552. The van der Waals surface area contributed by atoms with E-state index in [0.29, 0.717) is 19.5 Å². The summed E-state index contributed by atoms with van der Waals surface area (Å²) in [6, 6.07) is 0. The number of piperidine rings is 1. The van der Waals surface area contributed by atoms with Crippen LogP contribution in [-0.4, -0.2) is 65.1 Å². The number of rotatable bonds is 4. The Hall–Kier alpha value is -1.34. The number of aliphatic hydroxyl groups is 2. The predicted molar refractivity (Wildman–Crippen MR) is 76.6 cm³/mol. The number of carbonyl (C=O) groups is 2. The Labute approximate surface area is 125 Å². The molecule has 1 saturated heterocycles. The number of aliphatic hydroxyl groups excluding tert-OH is 2. The van der Waals surface area contributed by atoms with Gasteiger partial charge in [-0.05, 0) is 27.2 Å². The molecule has 7 nitrogen and oxygen atoms in total. The predicted octanol–water partition coefficient (Wildman–Crippen LogP) is 0.103. The highest BCUT2D eigenvalue weighted by Crippen LogP contribution is 2.22. The molecular weight excluding hydrogens is 276 g/mol. The van der Waals surface area contributed by atoms with Crippen molar-refractivity contribution in [3.8, 4) is 0 Å². The first-order valence-electron chi connectivity index (χ1n) is 7.26. The monoisotopic (exact) mass is 302 g/mol. The first-order chi connectivity index (χ1) is 9.73. The highest BCUT2D eigenvalue weighted by molar-refractivity contribution is 5.76. The number of hydrogen-bond acceptors (Lipinski definition) is 5. The van der Waals surface area contributed by atoms with Gasteiger partial charge >= 0.3 is 6.09 Å². The van der Waals surface area contributed by atoms with E-state index in [9.17, 15) is 14.7 Å². The lowest BCUT2D eigenvalue weighted by atomic mass is 9.91. The van der Waals surface area contributed by atoms with Crippen LogP contribution in [0.4, 0.5) is 4.79 Å². The van der Waals surface area contributed by atoms with Gasteiger partial charge in [0.2, 0.25) is 5.91 Å². The molecule has 122 valence electrons. The molecule has 0 radical (unpaired) electrons. The molecule has 1 aliphatic heterocycles. The molecule has 0 saturated carbocycles. The van der Waals surface area contributed by atoms with Crippen LogP contribution in [0.15, 0.2) is 0 Å². The molecule has 2 unspecified atom stereocenters. The van der Waals surface area contributed by atoms with Crippen LogP contribution in [0.2, 0.25) is 0 Å². The van der Waals surface area contributed by atoms with Crippen LogP contribution < -0.4 is 5.32 Å². The second-order valence-electron chi connectivity index (χ2n) is 6.32. The van der Waals surface area contributed by atoms with Crippen LogP contribution in [0.1, 0.15) is 33.6 Å². The number of carbonyl (C=O) groups excluding carboxylic acids is 2. The third-order valence-electron chi connectivity index (χ3n) is 3.23. The number of hydrogen-bond donors (Lipinski definition) is 3. The molecule has 1 aliphatic rings. The van der Waals surface area contributed by atoms with Crippen LogP contribution >= 0.6 is 0 Å². The quantitative estimate of drug-likeness (QED) is 0.684. The molecule has 0 bridgehead atoms. The van der Waals surface area contributed by atoms with Crippen molar-refractivity contribution >= 4 is 12.0 Å². The highest BCUT2D eigenvalue weighted by Gasteiger charge is 2.33. The first kappa shape index (κ1) is 17.7. The average Bonchev–Trinajstić information content (AvgIpc) is 2.36. The first-order valence-corrected chi connectivity index (χ1v) is 7.26. The fourth-order valence-corrected chi connectivity index (χ4v) is 2.22. The third kappa shape index (κ3) is 6.31. The summed E-state index contributed by atoms with van der Waals surface area (Å²) < 4.78 is 5.30. The lowest BCUT2D eigenvalue weighted by Gasteiger charge is -2.36. The van der Waals surface area contributed by atoms with Gasteiger partial charge in [-0.25, -0.2) is 4.79 Å². The maximum Gasteiger partial charge on any atom is 0.410 e. The van der Waals surface area contributed by atoms with E-state index < -0.39 is 17.8 Å². The van der Waals surface area contributed by atoms with Crippen molar-refractivity contribution in [3.05, 3.63) is 0 Å². The van der Waals surface area contributed by atoms with Crippen LogP contribution in [0.3, 0.4) is 0 Å². The fourth-order valence-electron chi connectivity index (χ4n) is 2.22. The lowest BCUT2D eigenvalue weighted by Crippen LogP contribution is -2.48. The summed E-state index contributed by atoms with van der Waals surface area (Å²) in [5, 5.41) is 21.2. The Balaban J connectivity index is 2.53. The maximum absolute atomic E-state index is 12.0. The van der Waals surface area contributed by atoms with Gasteiger partial charge in [0.1, 0.15) is 5.60 Å². The van der Waals surface area contributed by atoms with Crippen molar-refractivity contribution in [3.63, 3.8) is 0 Å². The van der Waals surface area contributed by atoms with Crippen LogP contribution in [0, 0.1) is 5.92 Å². The van der Waals surface area contributed by atoms with Gasteiger partial charge in [0.15, 0.2) is 0 Å². The summed E-state index contributed by atoms with van der Waals surface area (Å²) in [7, 11) is 0. The lowest BCUT2D eigenvalue weighted by molar-refractivity contribution is -0.124. The minimum Gasteiger partial charge on any atom is -0.444 e. The second kappa shape index (κ2) is 7.61. The molecule has 0 spiro atoms. The van der Waals surface area contributed by atoms with Gasteiger partial charge in [0, 0.05) is 32.0 Å². The normalized spacial score (nSPS) is 22.8. The molecule has 7 heteroatoms. The summed E-state index contributed by atoms with van der Waals surface area (Å²) in [6.07, 6.45) is -0.476. The molecule has 0 aromatic rings. The van der Waals surface area contributed by atoms with Crippen molar-refractivity contribution in [2.24, 2.45) is 5.92 Å². The molecule has 1 rings (SSSR count). The topological polar surface area (TPSA) is 99.1 Å². The van der Waals surface area contributed by atoms with E-state index >= 15 is 0 Å². The number of likely N-dealkylation sites (tertiary alicyclic amines) is 1. The van der Waals surface area contributed by atoms with E-state index in [4.69, 9.17) is 9.84 Å². The van der Waals surface area contributed by atoms with Crippen molar-refractivity contribution in [1.29, 1.82) is 0 Å². The van der Waals surface area contributed by atoms with E-state index in [1.807, 2.05) is 0 Å². The fraction of sp³-hybridized carbons (Fsp3) is 0.857. The van der Waals surface area contributed by atoms with E-state index in [2.05, 4.69) is 5.32 Å². The molecule has 2 amide bonds. The van der Waals surface area contributed by atoms with E-state index in [0.717, 1.165) is 0 Å². The number of nitrogens with zero attached hydrogens (tertiary/aromatic N) is 1. The van der Waals surface area contributed by atoms with Gasteiger partial charge in [-0.1, -0.05) is 0 Å². The minimum absolute atomic E-state index is 0.122.